The number of nitrogen functional groups attached to an aromatic ring is 1. The predicted octanol–water partition coefficient (Wildman–Crippen LogP) is 1.70. The third-order valence-electron chi connectivity index (χ3n) is 2.39. The summed E-state index contributed by atoms with van der Waals surface area (Å²) in [6, 6.07) is 3.89. The summed E-state index contributed by atoms with van der Waals surface area (Å²) in [5, 5.41) is 10.7. The van der Waals surface area contributed by atoms with Crippen LogP contribution in [0.1, 0.15) is 17.0 Å². The lowest BCUT2D eigenvalue weighted by Gasteiger charge is -2.06. The van der Waals surface area contributed by atoms with Crippen LogP contribution in [0.2, 0.25) is 0 Å². The number of pyridine rings is 2. The van der Waals surface area contributed by atoms with Crippen LogP contribution < -0.4 is 5.73 Å². The van der Waals surface area contributed by atoms with Crippen molar-refractivity contribution < 1.29 is 0 Å². The molecule has 0 amide bonds. The van der Waals surface area contributed by atoms with Crippen LogP contribution >= 0.6 is 0 Å². The van der Waals surface area contributed by atoms with E-state index in [1.807, 2.05) is 13.8 Å². The Balaban J connectivity index is 2.98. The average molecular weight is 198 g/mol. The zero-order valence-corrected chi connectivity index (χ0v) is 8.57. The highest BCUT2D eigenvalue weighted by Crippen LogP contribution is 2.23. The van der Waals surface area contributed by atoms with Gasteiger partial charge < -0.3 is 5.73 Å². The van der Waals surface area contributed by atoms with Gasteiger partial charge in [-0.15, -0.1) is 0 Å². The van der Waals surface area contributed by atoms with E-state index in [1.165, 1.54) is 0 Å². The van der Waals surface area contributed by atoms with Crippen LogP contribution in [0.3, 0.4) is 0 Å². The quantitative estimate of drug-likeness (QED) is 0.699. The number of fused-ring (bicyclic) bond motifs is 1. The molecule has 4 heteroatoms. The fourth-order valence-corrected chi connectivity index (χ4v) is 1.67. The van der Waals surface area contributed by atoms with E-state index in [9.17, 15) is 0 Å². The number of nitrogens with two attached hydrogens (primary N) is 1. The van der Waals surface area contributed by atoms with Gasteiger partial charge in [0.2, 0.25) is 0 Å². The number of hydrogen-bond acceptors (Lipinski definition) is 4. The minimum absolute atomic E-state index is 0.445. The molecule has 2 aromatic rings. The van der Waals surface area contributed by atoms with Crippen molar-refractivity contribution in [2.24, 2.45) is 0 Å². The average Bonchev–Trinajstić information content (AvgIpc) is 2.19. The molecule has 2 heterocycles. The Labute approximate surface area is 87.4 Å². The molecule has 0 aliphatic carbocycles. The van der Waals surface area contributed by atoms with Crippen LogP contribution in [0.5, 0.6) is 0 Å². The Bertz CT molecular complexity index is 581. The van der Waals surface area contributed by atoms with Gasteiger partial charge in [-0.1, -0.05) is 0 Å². The van der Waals surface area contributed by atoms with Crippen LogP contribution in [0, 0.1) is 25.2 Å². The molecule has 0 unspecified atom stereocenters. The predicted molar refractivity (Wildman–Crippen MR) is 58.1 cm³/mol. The molecule has 0 atom stereocenters. The second kappa shape index (κ2) is 3.21. The van der Waals surface area contributed by atoms with Crippen molar-refractivity contribution in [1.82, 2.24) is 9.97 Å². The second-order valence-electron chi connectivity index (χ2n) is 3.42. The van der Waals surface area contributed by atoms with Gasteiger partial charge in [0.15, 0.2) is 0 Å². The summed E-state index contributed by atoms with van der Waals surface area (Å²) < 4.78 is 0. The van der Waals surface area contributed by atoms with Crippen LogP contribution in [-0.2, 0) is 0 Å². The van der Waals surface area contributed by atoms with Gasteiger partial charge in [0.05, 0.1) is 11.3 Å². The highest BCUT2D eigenvalue weighted by Gasteiger charge is 2.09. The Morgan fingerprint density at radius 2 is 2.00 bits per heavy atom. The molecule has 0 aromatic carbocycles. The number of nitriles is 1. The first-order chi connectivity index (χ1) is 7.13. The lowest BCUT2D eigenvalue weighted by Crippen LogP contribution is -1.97. The number of anilines is 1. The van der Waals surface area contributed by atoms with Crippen molar-refractivity contribution in [3.8, 4) is 6.07 Å². The zero-order valence-electron chi connectivity index (χ0n) is 8.57. The normalized spacial score (nSPS) is 10.2. The molecule has 0 aliphatic heterocycles. The van der Waals surface area contributed by atoms with Crippen molar-refractivity contribution in [1.29, 1.82) is 5.26 Å². The van der Waals surface area contributed by atoms with E-state index in [0.29, 0.717) is 11.4 Å². The minimum atomic E-state index is 0.445. The molecule has 0 radical (unpaired) electrons. The summed E-state index contributed by atoms with van der Waals surface area (Å²) in [4.78, 5) is 8.30. The van der Waals surface area contributed by atoms with Gasteiger partial charge in [0.25, 0.3) is 0 Å². The maximum absolute atomic E-state index is 9.03. The van der Waals surface area contributed by atoms with Gasteiger partial charge in [-0.05, 0) is 19.9 Å². The number of rotatable bonds is 0. The molecular weight excluding hydrogens is 188 g/mol. The summed E-state index contributed by atoms with van der Waals surface area (Å²) in [6.45, 7) is 3.72. The number of nitrogens with zero attached hydrogens (tertiary/aromatic N) is 3. The van der Waals surface area contributed by atoms with Crippen LogP contribution in [0.25, 0.3) is 10.8 Å². The molecule has 0 saturated heterocycles. The summed E-state index contributed by atoms with van der Waals surface area (Å²) >= 11 is 0. The van der Waals surface area contributed by atoms with Gasteiger partial charge in [0, 0.05) is 22.7 Å². The highest BCUT2D eigenvalue weighted by molar-refractivity contribution is 5.90. The van der Waals surface area contributed by atoms with E-state index in [0.717, 1.165) is 22.2 Å². The Morgan fingerprint density at radius 1 is 1.27 bits per heavy atom. The van der Waals surface area contributed by atoms with Crippen LogP contribution in [-0.4, -0.2) is 9.97 Å². The van der Waals surface area contributed by atoms with E-state index >= 15 is 0 Å². The number of aromatic nitrogens is 2. The van der Waals surface area contributed by atoms with E-state index in [1.54, 1.807) is 12.3 Å². The molecule has 4 nitrogen and oxygen atoms in total. The van der Waals surface area contributed by atoms with E-state index in [2.05, 4.69) is 16.0 Å². The van der Waals surface area contributed by atoms with Gasteiger partial charge in [-0.2, -0.15) is 5.26 Å². The summed E-state index contributed by atoms with van der Waals surface area (Å²) in [7, 11) is 0. The Morgan fingerprint density at radius 3 is 2.67 bits per heavy atom. The summed E-state index contributed by atoms with van der Waals surface area (Å²) in [5.74, 6) is 0.445. The van der Waals surface area contributed by atoms with Gasteiger partial charge in [0.1, 0.15) is 11.9 Å². The molecule has 2 rings (SSSR count). The monoisotopic (exact) mass is 198 g/mol. The van der Waals surface area contributed by atoms with Gasteiger partial charge >= 0.3 is 0 Å². The first-order valence-electron chi connectivity index (χ1n) is 4.56. The topological polar surface area (TPSA) is 75.6 Å². The lowest BCUT2D eigenvalue weighted by molar-refractivity contribution is 1.13. The summed E-state index contributed by atoms with van der Waals surface area (Å²) in [5.41, 5.74) is 7.77. The molecule has 2 N–H and O–H groups in total. The van der Waals surface area contributed by atoms with E-state index in [-0.39, 0.29) is 0 Å². The Kier molecular flexibility index (Phi) is 2.01. The minimum Gasteiger partial charge on any atom is -0.384 e. The van der Waals surface area contributed by atoms with Crippen molar-refractivity contribution in [2.45, 2.75) is 13.8 Å². The fraction of sp³-hybridized carbons (Fsp3) is 0.182. The number of hydrogen-bond donors (Lipinski definition) is 1. The SMILES string of the molecule is Cc1nc(C)c2cc(N)ncc2c1C#N. The molecule has 0 spiro atoms. The molecule has 15 heavy (non-hydrogen) atoms. The molecule has 0 saturated carbocycles. The fourth-order valence-electron chi connectivity index (χ4n) is 1.67. The van der Waals surface area contributed by atoms with Gasteiger partial charge in [-0.25, -0.2) is 4.98 Å². The third-order valence-corrected chi connectivity index (χ3v) is 2.39. The molecular formula is C11H10N4. The van der Waals surface area contributed by atoms with Gasteiger partial charge in [-0.3, -0.25) is 4.98 Å². The molecule has 0 fully saturated rings. The lowest BCUT2D eigenvalue weighted by atomic mass is 10.1. The zero-order chi connectivity index (χ0) is 11.0. The standard InChI is InChI=1S/C11H10N4/c1-6-8-3-11(13)14-5-10(8)9(4-12)7(2)15-6/h3,5H,1-2H3,(H2,13,14). The molecule has 0 bridgehead atoms. The second-order valence-corrected chi connectivity index (χ2v) is 3.42. The van der Waals surface area contributed by atoms with Crippen molar-refractivity contribution in [3.05, 3.63) is 29.2 Å². The van der Waals surface area contributed by atoms with Crippen LogP contribution in [0.15, 0.2) is 12.3 Å². The molecule has 74 valence electrons. The van der Waals surface area contributed by atoms with Crippen molar-refractivity contribution in [3.63, 3.8) is 0 Å². The molecule has 0 aliphatic rings. The van der Waals surface area contributed by atoms with Crippen molar-refractivity contribution in [2.75, 3.05) is 5.73 Å². The van der Waals surface area contributed by atoms with Crippen LogP contribution in [0.4, 0.5) is 5.82 Å². The first kappa shape index (κ1) is 9.41. The number of aryl methyl sites for hydroxylation is 2. The third kappa shape index (κ3) is 1.38. The van der Waals surface area contributed by atoms with E-state index < -0.39 is 0 Å². The first-order valence-corrected chi connectivity index (χ1v) is 4.56. The summed E-state index contributed by atoms with van der Waals surface area (Å²) in [6.07, 6.45) is 1.63. The maximum atomic E-state index is 9.03. The smallest absolute Gasteiger partial charge is 0.123 e. The highest BCUT2D eigenvalue weighted by atomic mass is 14.8. The molecule has 2 aromatic heterocycles. The van der Waals surface area contributed by atoms with E-state index in [4.69, 9.17) is 11.0 Å². The Hall–Kier alpha value is -2.15. The maximum Gasteiger partial charge on any atom is 0.123 e. The van der Waals surface area contributed by atoms with Crippen molar-refractivity contribution >= 4 is 16.6 Å². The largest absolute Gasteiger partial charge is 0.384 e.